The van der Waals surface area contributed by atoms with Gasteiger partial charge in [0.2, 0.25) is 0 Å². The minimum absolute atomic E-state index is 0.124. The van der Waals surface area contributed by atoms with Crippen LogP contribution in [0.25, 0.3) is 0 Å². The van der Waals surface area contributed by atoms with Gasteiger partial charge in [0.15, 0.2) is 0 Å². The van der Waals surface area contributed by atoms with Crippen molar-refractivity contribution in [1.82, 2.24) is 5.32 Å². The van der Waals surface area contributed by atoms with Crippen LogP contribution in [0.1, 0.15) is 104 Å². The van der Waals surface area contributed by atoms with E-state index >= 15 is 0 Å². The van der Waals surface area contributed by atoms with Gasteiger partial charge >= 0.3 is 12.1 Å². The number of rotatable bonds is 18. The Labute approximate surface area is 160 Å². The van der Waals surface area contributed by atoms with Crippen molar-refractivity contribution in [3.05, 3.63) is 0 Å². The molecule has 0 rings (SSSR count). The monoisotopic (exact) mass is 371 g/mol. The predicted octanol–water partition coefficient (Wildman–Crippen LogP) is 5.76. The number of ether oxygens (including phenoxy) is 2. The number of alkyl carbamates (subject to hydrolysis) is 1. The smallest absolute Gasteiger partial charge is 0.407 e. The number of carbonyl (C=O) groups excluding carboxylic acids is 2. The largest absolute Gasteiger partial charge is 0.464 e. The molecule has 0 aromatic heterocycles. The van der Waals surface area contributed by atoms with Crippen LogP contribution in [0.15, 0.2) is 0 Å². The Hall–Kier alpha value is -1.26. The second-order valence-electron chi connectivity index (χ2n) is 6.95. The molecule has 1 N–H and O–H groups in total. The van der Waals surface area contributed by atoms with E-state index in [0.29, 0.717) is 13.2 Å². The molecule has 0 bridgehead atoms. The normalized spacial score (nSPS) is 10.5. The summed E-state index contributed by atoms with van der Waals surface area (Å²) in [6, 6.07) is 0. The van der Waals surface area contributed by atoms with E-state index < -0.39 is 12.1 Å². The van der Waals surface area contributed by atoms with Crippen molar-refractivity contribution in [2.24, 2.45) is 0 Å². The molecular formula is C21H41NO4. The third-order valence-corrected chi connectivity index (χ3v) is 4.33. The quantitative estimate of drug-likeness (QED) is 0.246. The van der Waals surface area contributed by atoms with Crippen molar-refractivity contribution in [2.75, 3.05) is 19.8 Å². The molecule has 0 radical (unpaired) electrons. The zero-order valence-electron chi connectivity index (χ0n) is 17.2. The molecule has 0 spiro atoms. The van der Waals surface area contributed by atoms with Gasteiger partial charge in [0, 0.05) is 0 Å². The minimum Gasteiger partial charge on any atom is -0.464 e. The molecule has 26 heavy (non-hydrogen) atoms. The molecule has 0 aromatic carbocycles. The molecule has 0 aliphatic rings. The number of esters is 1. The van der Waals surface area contributed by atoms with Gasteiger partial charge in [-0.05, 0) is 12.8 Å². The van der Waals surface area contributed by atoms with Crippen LogP contribution in [0, 0.1) is 0 Å². The average molecular weight is 372 g/mol. The van der Waals surface area contributed by atoms with Crippen molar-refractivity contribution < 1.29 is 19.1 Å². The zero-order valence-corrected chi connectivity index (χ0v) is 17.2. The number of nitrogens with one attached hydrogen (secondary N) is 1. The van der Waals surface area contributed by atoms with Crippen molar-refractivity contribution >= 4 is 12.1 Å². The van der Waals surface area contributed by atoms with Gasteiger partial charge in [-0.25, -0.2) is 4.79 Å². The Balaban J connectivity index is 3.21. The number of unbranched alkanes of at least 4 members (excludes halogenated alkanes) is 12. The SMILES string of the molecule is CCCCCCCCCCCCCCCOC(=O)CNC(=O)OCCC. The van der Waals surface area contributed by atoms with Crippen LogP contribution in [0.3, 0.4) is 0 Å². The molecule has 0 aliphatic carbocycles. The number of hydrogen-bond acceptors (Lipinski definition) is 4. The summed E-state index contributed by atoms with van der Waals surface area (Å²) >= 11 is 0. The highest BCUT2D eigenvalue weighted by Gasteiger charge is 2.06. The molecule has 0 saturated heterocycles. The Kier molecular flexibility index (Phi) is 19.1. The Morgan fingerprint density at radius 1 is 0.615 bits per heavy atom. The van der Waals surface area contributed by atoms with Crippen LogP contribution in [0.2, 0.25) is 0 Å². The van der Waals surface area contributed by atoms with E-state index in [1.165, 1.54) is 70.6 Å². The van der Waals surface area contributed by atoms with Crippen molar-refractivity contribution in [2.45, 2.75) is 104 Å². The van der Waals surface area contributed by atoms with E-state index in [9.17, 15) is 9.59 Å². The fraction of sp³-hybridized carbons (Fsp3) is 0.905. The summed E-state index contributed by atoms with van der Waals surface area (Å²) in [6.45, 7) is 4.84. The predicted molar refractivity (Wildman–Crippen MR) is 106 cm³/mol. The summed E-state index contributed by atoms with van der Waals surface area (Å²) in [6.07, 6.45) is 17.0. The van der Waals surface area contributed by atoms with E-state index in [0.717, 1.165) is 19.3 Å². The maximum absolute atomic E-state index is 11.4. The first-order valence-electron chi connectivity index (χ1n) is 10.8. The van der Waals surface area contributed by atoms with E-state index in [1.807, 2.05) is 6.92 Å². The van der Waals surface area contributed by atoms with Crippen molar-refractivity contribution in [3.8, 4) is 0 Å². The van der Waals surface area contributed by atoms with Gasteiger partial charge < -0.3 is 14.8 Å². The summed E-state index contributed by atoms with van der Waals surface area (Å²) < 4.78 is 9.90. The maximum Gasteiger partial charge on any atom is 0.407 e. The first kappa shape index (κ1) is 24.7. The molecule has 154 valence electrons. The molecule has 5 nitrogen and oxygen atoms in total. The van der Waals surface area contributed by atoms with Gasteiger partial charge in [0.05, 0.1) is 13.2 Å². The van der Waals surface area contributed by atoms with Gasteiger partial charge in [0.25, 0.3) is 0 Å². The molecule has 1 amide bonds. The van der Waals surface area contributed by atoms with E-state index in [2.05, 4.69) is 12.2 Å². The van der Waals surface area contributed by atoms with Crippen LogP contribution in [-0.2, 0) is 14.3 Å². The molecule has 0 atom stereocenters. The van der Waals surface area contributed by atoms with Crippen LogP contribution in [0.4, 0.5) is 4.79 Å². The second kappa shape index (κ2) is 20.1. The van der Waals surface area contributed by atoms with E-state index in [-0.39, 0.29) is 6.54 Å². The molecule has 0 fully saturated rings. The van der Waals surface area contributed by atoms with Crippen LogP contribution in [0.5, 0.6) is 0 Å². The van der Waals surface area contributed by atoms with Crippen LogP contribution >= 0.6 is 0 Å². The standard InChI is InChI=1S/C21H41NO4/c1-3-5-6-7-8-9-10-11-12-13-14-15-16-18-25-20(23)19-22-21(24)26-17-4-2/h3-19H2,1-2H3,(H,22,24). The summed E-state index contributed by atoms with van der Waals surface area (Å²) in [5, 5.41) is 2.38. The first-order chi connectivity index (χ1) is 12.7. The molecule has 0 saturated carbocycles. The van der Waals surface area contributed by atoms with E-state index in [4.69, 9.17) is 9.47 Å². The minimum atomic E-state index is -0.565. The lowest BCUT2D eigenvalue weighted by Gasteiger charge is -2.07. The van der Waals surface area contributed by atoms with Gasteiger partial charge in [-0.1, -0.05) is 90.9 Å². The summed E-state index contributed by atoms with van der Waals surface area (Å²) in [5.74, 6) is -0.405. The van der Waals surface area contributed by atoms with Crippen LogP contribution < -0.4 is 5.32 Å². The average Bonchev–Trinajstić information content (AvgIpc) is 2.64. The van der Waals surface area contributed by atoms with Gasteiger partial charge in [-0.3, -0.25) is 4.79 Å². The fourth-order valence-electron chi connectivity index (χ4n) is 2.75. The first-order valence-corrected chi connectivity index (χ1v) is 10.8. The Bertz CT molecular complexity index is 334. The fourth-order valence-corrected chi connectivity index (χ4v) is 2.75. The third kappa shape index (κ3) is 19.1. The summed E-state index contributed by atoms with van der Waals surface area (Å²) in [5.41, 5.74) is 0. The van der Waals surface area contributed by atoms with E-state index in [1.54, 1.807) is 0 Å². The van der Waals surface area contributed by atoms with Gasteiger partial charge in [0.1, 0.15) is 6.54 Å². The number of carbonyl (C=O) groups is 2. The zero-order chi connectivity index (χ0) is 19.3. The molecule has 0 unspecified atom stereocenters. The number of hydrogen-bond donors (Lipinski definition) is 1. The van der Waals surface area contributed by atoms with Crippen molar-refractivity contribution in [1.29, 1.82) is 0 Å². The Morgan fingerprint density at radius 2 is 1.12 bits per heavy atom. The highest BCUT2D eigenvalue weighted by molar-refractivity contribution is 5.77. The van der Waals surface area contributed by atoms with Crippen LogP contribution in [-0.4, -0.2) is 31.8 Å². The van der Waals surface area contributed by atoms with Gasteiger partial charge in [-0.2, -0.15) is 0 Å². The maximum atomic E-state index is 11.4. The summed E-state index contributed by atoms with van der Waals surface area (Å²) in [7, 11) is 0. The lowest BCUT2D eigenvalue weighted by atomic mass is 10.0. The van der Waals surface area contributed by atoms with Gasteiger partial charge in [-0.15, -0.1) is 0 Å². The molecule has 5 heteroatoms. The highest BCUT2D eigenvalue weighted by Crippen LogP contribution is 2.12. The van der Waals surface area contributed by atoms with Crippen molar-refractivity contribution in [3.63, 3.8) is 0 Å². The highest BCUT2D eigenvalue weighted by atomic mass is 16.6. The molecule has 0 heterocycles. The third-order valence-electron chi connectivity index (χ3n) is 4.33. The lowest BCUT2D eigenvalue weighted by Crippen LogP contribution is -2.31. The molecule has 0 aliphatic heterocycles. The summed E-state index contributed by atoms with van der Waals surface area (Å²) in [4.78, 5) is 22.6. The Morgan fingerprint density at radius 3 is 1.62 bits per heavy atom. The lowest BCUT2D eigenvalue weighted by molar-refractivity contribution is -0.142. The molecular weight excluding hydrogens is 330 g/mol. The topological polar surface area (TPSA) is 64.6 Å². The molecule has 0 aromatic rings. The second-order valence-corrected chi connectivity index (χ2v) is 6.95. The number of amides is 1.